The molecule has 0 N–H and O–H groups in total. The van der Waals surface area contributed by atoms with Gasteiger partial charge in [0.15, 0.2) is 0 Å². The normalized spacial score (nSPS) is 21.0. The maximum Gasteiger partial charge on any atom is -0.0107 e. The average Bonchev–Trinajstić information content (AvgIpc) is 2.45. The summed E-state index contributed by atoms with van der Waals surface area (Å²) in [5.41, 5.74) is 5.01. The molecule has 0 fully saturated rings. The smallest absolute Gasteiger partial charge is 0.0107 e. The second-order valence-electron chi connectivity index (χ2n) is 5.66. The summed E-state index contributed by atoms with van der Waals surface area (Å²) in [6.45, 7) is 9.25. The monoisotopic (exact) mass is 188 g/mol. The van der Waals surface area contributed by atoms with Crippen LogP contribution in [0.15, 0.2) is 18.2 Å². The van der Waals surface area contributed by atoms with Crippen LogP contribution in [0.25, 0.3) is 0 Å². The maximum absolute atomic E-state index is 2.36. The number of aryl methyl sites for hydroxylation is 2. The van der Waals surface area contributed by atoms with Crippen molar-refractivity contribution in [1.82, 2.24) is 0 Å². The lowest BCUT2D eigenvalue weighted by molar-refractivity contribution is 0.319. The molecule has 14 heavy (non-hydrogen) atoms. The van der Waals surface area contributed by atoms with Gasteiger partial charge in [-0.1, -0.05) is 44.5 Å². The first kappa shape index (κ1) is 9.76. The lowest BCUT2D eigenvalue weighted by Crippen LogP contribution is -2.15. The Labute approximate surface area is 87.3 Å². The van der Waals surface area contributed by atoms with Gasteiger partial charge in [-0.3, -0.25) is 0 Å². The zero-order chi connectivity index (χ0) is 10.3. The van der Waals surface area contributed by atoms with Gasteiger partial charge in [-0.05, 0) is 42.2 Å². The molecular weight excluding hydrogens is 168 g/mol. The standard InChI is InChI=1S/C14H20/c1-10-5-7-12-11(9-10)6-8-13(12)14(2,3)4/h5,7,9,13H,6,8H2,1-4H3. The van der Waals surface area contributed by atoms with Crippen LogP contribution in [0.2, 0.25) is 0 Å². The Morgan fingerprint density at radius 1 is 1.21 bits per heavy atom. The molecule has 0 radical (unpaired) electrons. The molecular formula is C14H20. The first-order valence-corrected chi connectivity index (χ1v) is 5.58. The van der Waals surface area contributed by atoms with Gasteiger partial charge in [0.25, 0.3) is 0 Å². The second kappa shape index (κ2) is 3.12. The fraction of sp³-hybridized carbons (Fsp3) is 0.571. The Morgan fingerprint density at radius 2 is 1.93 bits per heavy atom. The first-order valence-electron chi connectivity index (χ1n) is 5.58. The predicted octanol–water partition coefficient (Wildman–Crippen LogP) is 4.07. The van der Waals surface area contributed by atoms with Crippen LogP contribution in [0.4, 0.5) is 0 Å². The number of hydrogen-bond acceptors (Lipinski definition) is 0. The van der Waals surface area contributed by atoms with Gasteiger partial charge in [0, 0.05) is 0 Å². The van der Waals surface area contributed by atoms with Crippen LogP contribution in [-0.2, 0) is 6.42 Å². The molecule has 1 aromatic rings. The fourth-order valence-electron chi connectivity index (χ4n) is 2.65. The number of rotatable bonds is 0. The van der Waals surface area contributed by atoms with Gasteiger partial charge in [-0.2, -0.15) is 0 Å². The summed E-state index contributed by atoms with van der Waals surface area (Å²) >= 11 is 0. The quantitative estimate of drug-likeness (QED) is 0.575. The minimum atomic E-state index is 0.417. The van der Waals surface area contributed by atoms with Crippen molar-refractivity contribution >= 4 is 0 Å². The molecule has 0 amide bonds. The van der Waals surface area contributed by atoms with E-state index >= 15 is 0 Å². The van der Waals surface area contributed by atoms with Crippen molar-refractivity contribution in [3.05, 3.63) is 34.9 Å². The van der Waals surface area contributed by atoms with Gasteiger partial charge in [-0.15, -0.1) is 0 Å². The van der Waals surface area contributed by atoms with Crippen LogP contribution in [-0.4, -0.2) is 0 Å². The van der Waals surface area contributed by atoms with Gasteiger partial charge >= 0.3 is 0 Å². The molecule has 0 nitrogen and oxygen atoms in total. The number of benzene rings is 1. The molecule has 1 aromatic carbocycles. The number of hydrogen-bond donors (Lipinski definition) is 0. The molecule has 1 unspecified atom stereocenters. The molecule has 1 aliphatic rings. The molecule has 0 saturated heterocycles. The highest BCUT2D eigenvalue weighted by Gasteiger charge is 2.31. The highest BCUT2D eigenvalue weighted by molar-refractivity contribution is 5.38. The van der Waals surface area contributed by atoms with Crippen molar-refractivity contribution in [2.75, 3.05) is 0 Å². The summed E-state index contributed by atoms with van der Waals surface area (Å²) in [6, 6.07) is 6.96. The topological polar surface area (TPSA) is 0 Å². The average molecular weight is 188 g/mol. The predicted molar refractivity (Wildman–Crippen MR) is 61.7 cm³/mol. The molecule has 76 valence electrons. The molecule has 1 aliphatic carbocycles. The van der Waals surface area contributed by atoms with E-state index in [9.17, 15) is 0 Å². The molecule has 0 bridgehead atoms. The molecule has 0 aromatic heterocycles. The van der Waals surface area contributed by atoms with Gasteiger partial charge in [-0.25, -0.2) is 0 Å². The largest absolute Gasteiger partial charge is 0.0596 e. The van der Waals surface area contributed by atoms with Gasteiger partial charge in [0.2, 0.25) is 0 Å². The Bertz CT molecular complexity index is 342. The zero-order valence-electron chi connectivity index (χ0n) is 9.72. The van der Waals surface area contributed by atoms with E-state index < -0.39 is 0 Å². The van der Waals surface area contributed by atoms with E-state index in [0.29, 0.717) is 5.41 Å². The van der Waals surface area contributed by atoms with E-state index in [1.807, 2.05) is 0 Å². The van der Waals surface area contributed by atoms with E-state index in [0.717, 1.165) is 5.92 Å². The third-order valence-corrected chi connectivity index (χ3v) is 3.42. The SMILES string of the molecule is Cc1ccc2c(c1)CCC2C(C)(C)C. The Kier molecular flexibility index (Phi) is 2.17. The van der Waals surface area contributed by atoms with Gasteiger partial charge in [0.1, 0.15) is 0 Å². The van der Waals surface area contributed by atoms with Crippen molar-refractivity contribution in [1.29, 1.82) is 0 Å². The summed E-state index contributed by atoms with van der Waals surface area (Å²) < 4.78 is 0. The van der Waals surface area contributed by atoms with Crippen LogP contribution in [0.3, 0.4) is 0 Å². The van der Waals surface area contributed by atoms with Crippen molar-refractivity contribution in [3.8, 4) is 0 Å². The third kappa shape index (κ3) is 1.58. The fourth-order valence-corrected chi connectivity index (χ4v) is 2.65. The Balaban J connectivity index is 2.41. The second-order valence-corrected chi connectivity index (χ2v) is 5.66. The van der Waals surface area contributed by atoms with Crippen molar-refractivity contribution in [2.45, 2.75) is 46.5 Å². The molecule has 0 aliphatic heterocycles. The summed E-state index contributed by atoms with van der Waals surface area (Å²) in [5, 5.41) is 0. The Morgan fingerprint density at radius 3 is 2.57 bits per heavy atom. The van der Waals surface area contributed by atoms with Crippen LogP contribution in [0, 0.1) is 12.3 Å². The van der Waals surface area contributed by atoms with E-state index in [4.69, 9.17) is 0 Å². The summed E-state index contributed by atoms with van der Waals surface area (Å²) in [5.74, 6) is 0.762. The van der Waals surface area contributed by atoms with Crippen LogP contribution in [0.5, 0.6) is 0 Å². The molecule has 1 atom stereocenters. The molecule has 0 saturated carbocycles. The van der Waals surface area contributed by atoms with E-state index in [-0.39, 0.29) is 0 Å². The molecule has 0 heteroatoms. The van der Waals surface area contributed by atoms with E-state index in [1.165, 1.54) is 18.4 Å². The van der Waals surface area contributed by atoms with Crippen molar-refractivity contribution < 1.29 is 0 Å². The minimum absolute atomic E-state index is 0.417. The zero-order valence-corrected chi connectivity index (χ0v) is 9.72. The molecule has 2 rings (SSSR count). The van der Waals surface area contributed by atoms with Crippen molar-refractivity contribution in [3.63, 3.8) is 0 Å². The van der Waals surface area contributed by atoms with E-state index in [1.54, 1.807) is 11.1 Å². The first-order chi connectivity index (χ1) is 6.48. The van der Waals surface area contributed by atoms with Crippen molar-refractivity contribution in [2.24, 2.45) is 5.41 Å². The lowest BCUT2D eigenvalue weighted by Gasteiger charge is -2.27. The summed E-state index contributed by atoms with van der Waals surface area (Å²) in [6.07, 6.45) is 2.61. The van der Waals surface area contributed by atoms with Gasteiger partial charge < -0.3 is 0 Å². The van der Waals surface area contributed by atoms with Gasteiger partial charge in [0.05, 0.1) is 0 Å². The van der Waals surface area contributed by atoms with E-state index in [2.05, 4.69) is 45.9 Å². The summed E-state index contributed by atoms with van der Waals surface area (Å²) in [4.78, 5) is 0. The molecule has 0 spiro atoms. The summed E-state index contributed by atoms with van der Waals surface area (Å²) in [7, 11) is 0. The highest BCUT2D eigenvalue weighted by atomic mass is 14.4. The van der Waals surface area contributed by atoms with Crippen LogP contribution < -0.4 is 0 Å². The number of fused-ring (bicyclic) bond motifs is 1. The third-order valence-electron chi connectivity index (χ3n) is 3.42. The van der Waals surface area contributed by atoms with Crippen LogP contribution in [0.1, 0.15) is 49.8 Å². The van der Waals surface area contributed by atoms with Crippen LogP contribution >= 0.6 is 0 Å². The maximum atomic E-state index is 2.36. The molecule has 0 heterocycles. The highest BCUT2D eigenvalue weighted by Crippen LogP contribution is 2.44. The lowest BCUT2D eigenvalue weighted by atomic mass is 9.77. The Hall–Kier alpha value is -0.780. The minimum Gasteiger partial charge on any atom is -0.0596 e.